The summed E-state index contributed by atoms with van der Waals surface area (Å²) in [7, 11) is 1.28. The summed E-state index contributed by atoms with van der Waals surface area (Å²) in [6.07, 6.45) is 0.719. The highest BCUT2D eigenvalue weighted by molar-refractivity contribution is 5.82. The van der Waals surface area contributed by atoms with E-state index in [9.17, 15) is 13.6 Å². The fourth-order valence-electron chi connectivity index (χ4n) is 3.17. The Labute approximate surface area is 185 Å². The summed E-state index contributed by atoms with van der Waals surface area (Å²) in [4.78, 5) is 12.7. The number of esters is 1. The molecule has 3 aromatic carbocycles. The molecule has 0 radical (unpaired) electrons. The molecule has 32 heavy (non-hydrogen) atoms. The van der Waals surface area contributed by atoms with E-state index >= 15 is 0 Å². The SMILES string of the molecule is CCc1ccc(OCc2cc(F)ccc2F)c(C(Nc2ccc(C#N)cc2)C(=O)OC)c1. The number of nitriles is 1. The molecule has 0 spiro atoms. The third-order valence-corrected chi connectivity index (χ3v) is 4.95. The molecule has 0 aliphatic rings. The summed E-state index contributed by atoms with van der Waals surface area (Å²) in [6, 6.07) is 16.2. The van der Waals surface area contributed by atoms with Crippen molar-refractivity contribution in [2.75, 3.05) is 12.4 Å². The fourth-order valence-corrected chi connectivity index (χ4v) is 3.17. The van der Waals surface area contributed by atoms with E-state index in [0.717, 1.165) is 30.2 Å². The molecule has 0 amide bonds. The lowest BCUT2D eigenvalue weighted by Gasteiger charge is -2.22. The molecule has 0 saturated carbocycles. The fraction of sp³-hybridized carbons (Fsp3) is 0.200. The van der Waals surface area contributed by atoms with Gasteiger partial charge in [0.15, 0.2) is 6.04 Å². The Bertz CT molecular complexity index is 1140. The number of methoxy groups -OCH3 is 1. The zero-order valence-corrected chi connectivity index (χ0v) is 17.7. The van der Waals surface area contributed by atoms with Crippen molar-refractivity contribution < 1.29 is 23.0 Å². The average Bonchev–Trinajstić information content (AvgIpc) is 2.83. The zero-order valence-electron chi connectivity index (χ0n) is 17.7. The van der Waals surface area contributed by atoms with Gasteiger partial charge in [0, 0.05) is 16.8 Å². The van der Waals surface area contributed by atoms with Crippen LogP contribution in [-0.4, -0.2) is 13.1 Å². The van der Waals surface area contributed by atoms with Gasteiger partial charge in [0.25, 0.3) is 0 Å². The van der Waals surface area contributed by atoms with Crippen molar-refractivity contribution in [2.24, 2.45) is 0 Å². The second-order valence-electron chi connectivity index (χ2n) is 7.04. The van der Waals surface area contributed by atoms with Crippen LogP contribution in [0.15, 0.2) is 60.7 Å². The molecular formula is C25H22F2N2O3. The van der Waals surface area contributed by atoms with Crippen molar-refractivity contribution >= 4 is 11.7 Å². The number of ether oxygens (including phenoxy) is 2. The predicted octanol–water partition coefficient (Wildman–Crippen LogP) is 5.30. The lowest BCUT2D eigenvalue weighted by atomic mass is 10.0. The van der Waals surface area contributed by atoms with Crippen LogP contribution in [0.4, 0.5) is 14.5 Å². The number of hydrogen-bond acceptors (Lipinski definition) is 5. The van der Waals surface area contributed by atoms with Crippen LogP contribution in [-0.2, 0) is 22.6 Å². The minimum absolute atomic E-state index is 0.0604. The van der Waals surface area contributed by atoms with Crippen LogP contribution in [0.25, 0.3) is 0 Å². The molecule has 0 bridgehead atoms. The monoisotopic (exact) mass is 436 g/mol. The molecule has 0 saturated heterocycles. The van der Waals surface area contributed by atoms with Crippen molar-refractivity contribution in [3.63, 3.8) is 0 Å². The highest BCUT2D eigenvalue weighted by Gasteiger charge is 2.26. The predicted molar refractivity (Wildman–Crippen MR) is 116 cm³/mol. The first-order valence-corrected chi connectivity index (χ1v) is 9.99. The van der Waals surface area contributed by atoms with E-state index in [2.05, 4.69) is 5.32 Å². The lowest BCUT2D eigenvalue weighted by molar-refractivity contribution is -0.141. The average molecular weight is 436 g/mol. The molecule has 0 aromatic heterocycles. The molecule has 7 heteroatoms. The van der Waals surface area contributed by atoms with Crippen molar-refractivity contribution in [3.8, 4) is 11.8 Å². The van der Waals surface area contributed by atoms with Crippen molar-refractivity contribution in [3.05, 3.63) is 94.6 Å². The van der Waals surface area contributed by atoms with Gasteiger partial charge in [0.2, 0.25) is 0 Å². The molecule has 0 heterocycles. The van der Waals surface area contributed by atoms with Crippen LogP contribution < -0.4 is 10.1 Å². The molecular weight excluding hydrogens is 414 g/mol. The Kier molecular flexibility index (Phi) is 7.40. The maximum atomic E-state index is 14.0. The number of nitrogens with zero attached hydrogens (tertiary/aromatic N) is 1. The van der Waals surface area contributed by atoms with Gasteiger partial charge >= 0.3 is 5.97 Å². The van der Waals surface area contributed by atoms with Crippen LogP contribution in [0.2, 0.25) is 0 Å². The summed E-state index contributed by atoms with van der Waals surface area (Å²) in [5.41, 5.74) is 2.60. The van der Waals surface area contributed by atoms with Gasteiger partial charge in [-0.05, 0) is 66.6 Å². The number of hydrogen-bond donors (Lipinski definition) is 1. The summed E-state index contributed by atoms with van der Waals surface area (Å²) in [6.45, 7) is 1.76. The van der Waals surface area contributed by atoms with E-state index in [4.69, 9.17) is 14.7 Å². The Balaban J connectivity index is 1.95. The molecule has 0 aliphatic heterocycles. The number of aryl methyl sites for hydroxylation is 1. The molecule has 5 nitrogen and oxygen atoms in total. The van der Waals surface area contributed by atoms with Crippen LogP contribution in [0, 0.1) is 23.0 Å². The second kappa shape index (κ2) is 10.4. The molecule has 3 aromatic rings. The molecule has 1 N–H and O–H groups in total. The first-order chi connectivity index (χ1) is 15.4. The van der Waals surface area contributed by atoms with Crippen molar-refractivity contribution in [1.82, 2.24) is 0 Å². The Morgan fingerprint density at radius 1 is 1.09 bits per heavy atom. The van der Waals surface area contributed by atoms with E-state index in [1.165, 1.54) is 7.11 Å². The number of carbonyl (C=O) groups is 1. The normalized spacial score (nSPS) is 11.3. The van der Waals surface area contributed by atoms with Gasteiger partial charge in [-0.1, -0.05) is 13.0 Å². The van der Waals surface area contributed by atoms with Crippen LogP contribution in [0.5, 0.6) is 5.75 Å². The molecule has 0 aliphatic carbocycles. The summed E-state index contributed by atoms with van der Waals surface area (Å²) in [5, 5.41) is 12.1. The smallest absolute Gasteiger partial charge is 0.333 e. The number of rotatable bonds is 8. The van der Waals surface area contributed by atoms with Gasteiger partial charge in [-0.2, -0.15) is 5.26 Å². The molecule has 1 unspecified atom stereocenters. The third kappa shape index (κ3) is 5.41. The third-order valence-electron chi connectivity index (χ3n) is 4.95. The summed E-state index contributed by atoms with van der Waals surface area (Å²) < 4.78 is 38.3. The minimum atomic E-state index is -0.924. The number of nitrogens with one attached hydrogen (secondary N) is 1. The highest BCUT2D eigenvalue weighted by atomic mass is 19.1. The van der Waals surface area contributed by atoms with Crippen molar-refractivity contribution in [2.45, 2.75) is 26.0 Å². The summed E-state index contributed by atoms with van der Waals surface area (Å²) >= 11 is 0. The second-order valence-corrected chi connectivity index (χ2v) is 7.04. The zero-order chi connectivity index (χ0) is 23.1. The van der Waals surface area contributed by atoms with Gasteiger partial charge in [-0.15, -0.1) is 0 Å². The van der Waals surface area contributed by atoms with E-state index in [1.54, 1.807) is 30.3 Å². The van der Waals surface area contributed by atoms with Crippen LogP contribution >= 0.6 is 0 Å². The Morgan fingerprint density at radius 2 is 1.84 bits per heavy atom. The number of halogens is 2. The van der Waals surface area contributed by atoms with E-state index < -0.39 is 23.6 Å². The number of benzene rings is 3. The topological polar surface area (TPSA) is 71.3 Å². The minimum Gasteiger partial charge on any atom is -0.488 e. The van der Waals surface area contributed by atoms with Crippen LogP contribution in [0.3, 0.4) is 0 Å². The van der Waals surface area contributed by atoms with E-state index in [-0.39, 0.29) is 12.2 Å². The highest BCUT2D eigenvalue weighted by Crippen LogP contribution is 2.31. The largest absolute Gasteiger partial charge is 0.488 e. The first kappa shape index (κ1) is 22.8. The maximum absolute atomic E-state index is 14.0. The molecule has 164 valence electrons. The molecule has 0 fully saturated rings. The van der Waals surface area contributed by atoms with Gasteiger partial charge in [-0.3, -0.25) is 0 Å². The van der Waals surface area contributed by atoms with E-state index in [1.807, 2.05) is 25.1 Å². The Hall–Kier alpha value is -3.92. The molecule has 1 atom stereocenters. The van der Waals surface area contributed by atoms with Crippen molar-refractivity contribution in [1.29, 1.82) is 5.26 Å². The Morgan fingerprint density at radius 3 is 2.50 bits per heavy atom. The van der Waals surface area contributed by atoms with Gasteiger partial charge in [0.1, 0.15) is 24.0 Å². The first-order valence-electron chi connectivity index (χ1n) is 9.99. The maximum Gasteiger partial charge on any atom is 0.333 e. The van der Waals surface area contributed by atoms with Crippen LogP contribution in [0.1, 0.15) is 35.2 Å². The quantitative estimate of drug-likeness (QED) is 0.485. The molecule has 3 rings (SSSR count). The van der Waals surface area contributed by atoms with Gasteiger partial charge in [0.05, 0.1) is 18.7 Å². The summed E-state index contributed by atoms with van der Waals surface area (Å²) in [5.74, 6) is -1.37. The number of anilines is 1. The lowest BCUT2D eigenvalue weighted by Crippen LogP contribution is -2.23. The van der Waals surface area contributed by atoms with Gasteiger partial charge in [-0.25, -0.2) is 13.6 Å². The van der Waals surface area contributed by atoms with E-state index in [0.29, 0.717) is 22.6 Å². The number of carbonyl (C=O) groups excluding carboxylic acids is 1. The standard InChI is InChI=1S/C25H22F2N2O3/c1-3-16-6-11-23(32-15-18-13-19(26)7-10-22(18)27)21(12-16)24(25(30)31-2)29-20-8-4-17(14-28)5-9-20/h4-13,24,29H,3,15H2,1-2H3. The van der Waals surface area contributed by atoms with Gasteiger partial charge < -0.3 is 14.8 Å².